The van der Waals surface area contributed by atoms with Gasteiger partial charge in [0, 0.05) is 17.2 Å². The molecule has 0 bridgehead atoms. The fourth-order valence-corrected chi connectivity index (χ4v) is 3.04. The Kier molecular flexibility index (Phi) is 5.49. The van der Waals surface area contributed by atoms with Crippen molar-refractivity contribution in [3.05, 3.63) is 40.9 Å². The van der Waals surface area contributed by atoms with Crippen LogP contribution in [0.4, 0.5) is 5.69 Å². The van der Waals surface area contributed by atoms with E-state index < -0.39 is 5.41 Å². The molecule has 0 spiro atoms. The summed E-state index contributed by atoms with van der Waals surface area (Å²) >= 11 is 1.29. The van der Waals surface area contributed by atoms with Crippen molar-refractivity contribution in [2.75, 3.05) is 17.6 Å². The van der Waals surface area contributed by atoms with Gasteiger partial charge in [0.05, 0.1) is 10.8 Å². The number of carbonyl (C=O) groups is 3. The highest BCUT2D eigenvalue weighted by molar-refractivity contribution is 8.04. The summed E-state index contributed by atoms with van der Waals surface area (Å²) in [4.78, 5) is 37.8. The summed E-state index contributed by atoms with van der Waals surface area (Å²) in [7, 11) is 0. The minimum atomic E-state index is -0.519. The maximum Gasteiger partial charge on any atom is 0.244 e. The van der Waals surface area contributed by atoms with Gasteiger partial charge in [-0.05, 0) is 24.6 Å². The first-order chi connectivity index (χ1) is 11.2. The predicted octanol–water partition coefficient (Wildman–Crippen LogP) is 2.97. The summed E-state index contributed by atoms with van der Waals surface area (Å²) in [6, 6.07) is 7.45. The fraction of sp³-hybridized carbons (Fsp3) is 0.389. The summed E-state index contributed by atoms with van der Waals surface area (Å²) in [5.41, 5.74) is 1.21. The molecule has 2 rings (SSSR count). The molecule has 1 aromatic rings. The molecule has 0 saturated carbocycles. The Hall–Kier alpha value is -2.08. The third kappa shape index (κ3) is 4.71. The highest BCUT2D eigenvalue weighted by Gasteiger charge is 2.30. The molecule has 0 unspecified atom stereocenters. The monoisotopic (exact) mass is 346 g/mol. The summed E-state index contributed by atoms with van der Waals surface area (Å²) in [5, 5.41) is 3.32. The van der Waals surface area contributed by atoms with E-state index in [0.29, 0.717) is 10.7 Å². The molecule has 5 nitrogen and oxygen atoms in total. The van der Waals surface area contributed by atoms with Gasteiger partial charge < -0.3 is 5.32 Å². The first-order valence-electron chi connectivity index (χ1n) is 7.72. The quantitative estimate of drug-likeness (QED) is 0.851. The minimum absolute atomic E-state index is 0.0659. The van der Waals surface area contributed by atoms with Crippen molar-refractivity contribution in [3.8, 4) is 0 Å². The number of thioether (sulfide) groups is 1. The minimum Gasteiger partial charge on any atom is -0.325 e. The lowest BCUT2D eigenvalue weighted by molar-refractivity contribution is -0.129. The van der Waals surface area contributed by atoms with Crippen LogP contribution in [-0.2, 0) is 14.4 Å². The topological polar surface area (TPSA) is 66.5 Å². The molecule has 0 aliphatic carbocycles. The second-order valence-corrected chi connectivity index (χ2v) is 7.78. The summed E-state index contributed by atoms with van der Waals surface area (Å²) < 4.78 is 0. The van der Waals surface area contributed by atoms with Crippen molar-refractivity contribution in [3.63, 3.8) is 0 Å². The van der Waals surface area contributed by atoms with Crippen LogP contribution in [0.1, 0.15) is 26.3 Å². The van der Waals surface area contributed by atoms with Crippen LogP contribution in [-0.4, -0.2) is 34.8 Å². The van der Waals surface area contributed by atoms with Crippen molar-refractivity contribution in [1.82, 2.24) is 4.90 Å². The summed E-state index contributed by atoms with van der Waals surface area (Å²) in [6.07, 6.45) is 1.47. The number of ketones is 1. The Labute approximate surface area is 146 Å². The zero-order valence-corrected chi connectivity index (χ0v) is 15.2. The largest absolute Gasteiger partial charge is 0.325 e. The van der Waals surface area contributed by atoms with Gasteiger partial charge in [0.1, 0.15) is 6.54 Å². The van der Waals surface area contributed by atoms with E-state index in [9.17, 15) is 14.4 Å². The Balaban J connectivity index is 2.08. The maximum atomic E-state index is 12.2. The number of allylic oxidation sites excluding steroid dienone is 1. The normalized spacial score (nSPS) is 16.6. The van der Waals surface area contributed by atoms with E-state index >= 15 is 0 Å². The zero-order valence-electron chi connectivity index (χ0n) is 14.4. The van der Waals surface area contributed by atoms with Gasteiger partial charge in [-0.2, -0.15) is 0 Å². The van der Waals surface area contributed by atoms with Crippen LogP contribution in [0.5, 0.6) is 0 Å². The Morgan fingerprint density at radius 2 is 2.04 bits per heavy atom. The maximum absolute atomic E-state index is 12.2. The number of nitrogens with one attached hydrogen (secondary N) is 1. The number of carbonyl (C=O) groups excluding carboxylic acids is 3. The van der Waals surface area contributed by atoms with Gasteiger partial charge >= 0.3 is 0 Å². The first kappa shape index (κ1) is 18.3. The van der Waals surface area contributed by atoms with Gasteiger partial charge in [-0.25, -0.2) is 0 Å². The lowest BCUT2D eigenvalue weighted by atomic mass is 9.91. The Bertz CT molecular complexity index is 704. The second kappa shape index (κ2) is 7.21. The van der Waals surface area contributed by atoms with Crippen molar-refractivity contribution in [2.45, 2.75) is 27.7 Å². The van der Waals surface area contributed by atoms with E-state index in [1.807, 2.05) is 45.9 Å². The Morgan fingerprint density at radius 1 is 1.33 bits per heavy atom. The van der Waals surface area contributed by atoms with Gasteiger partial charge in [-0.15, -0.1) is 0 Å². The molecule has 24 heavy (non-hydrogen) atoms. The zero-order chi connectivity index (χ0) is 17.9. The van der Waals surface area contributed by atoms with Crippen molar-refractivity contribution < 1.29 is 14.4 Å². The number of hydrogen-bond acceptors (Lipinski definition) is 4. The molecular weight excluding hydrogens is 324 g/mol. The average molecular weight is 346 g/mol. The number of nitrogens with zero attached hydrogens (tertiary/aromatic N) is 1. The molecule has 0 aromatic heterocycles. The molecular formula is C18H22N2O3S. The molecule has 1 fully saturated rings. The summed E-state index contributed by atoms with van der Waals surface area (Å²) in [5.74, 6) is -0.261. The van der Waals surface area contributed by atoms with E-state index in [0.717, 1.165) is 5.56 Å². The molecule has 1 aliphatic heterocycles. The smallest absolute Gasteiger partial charge is 0.244 e. The molecule has 1 saturated heterocycles. The number of rotatable bonds is 4. The van der Waals surface area contributed by atoms with Crippen LogP contribution in [0.15, 0.2) is 35.4 Å². The first-order valence-corrected chi connectivity index (χ1v) is 8.71. The van der Waals surface area contributed by atoms with Crippen molar-refractivity contribution in [1.29, 1.82) is 0 Å². The molecule has 2 amide bonds. The number of benzene rings is 1. The predicted molar refractivity (Wildman–Crippen MR) is 96.5 cm³/mol. The third-order valence-electron chi connectivity index (χ3n) is 3.51. The molecule has 1 aromatic carbocycles. The van der Waals surface area contributed by atoms with E-state index in [-0.39, 0.29) is 29.9 Å². The summed E-state index contributed by atoms with van der Waals surface area (Å²) in [6.45, 7) is 7.31. The van der Waals surface area contributed by atoms with Crippen LogP contribution in [0.2, 0.25) is 0 Å². The van der Waals surface area contributed by atoms with Crippen LogP contribution < -0.4 is 5.32 Å². The van der Waals surface area contributed by atoms with Crippen LogP contribution in [0.25, 0.3) is 0 Å². The average Bonchev–Trinajstić information content (AvgIpc) is 2.79. The number of aryl methyl sites for hydroxylation is 1. The van der Waals surface area contributed by atoms with E-state index in [1.54, 1.807) is 6.07 Å². The highest BCUT2D eigenvalue weighted by Crippen LogP contribution is 2.30. The van der Waals surface area contributed by atoms with Gasteiger partial charge in [0.25, 0.3) is 0 Å². The van der Waals surface area contributed by atoms with Gasteiger partial charge in [0.15, 0.2) is 5.78 Å². The van der Waals surface area contributed by atoms with Crippen LogP contribution in [0, 0.1) is 12.3 Å². The highest BCUT2D eigenvalue weighted by atomic mass is 32.2. The van der Waals surface area contributed by atoms with Gasteiger partial charge in [-0.3, -0.25) is 19.3 Å². The second-order valence-electron chi connectivity index (χ2n) is 6.78. The van der Waals surface area contributed by atoms with Gasteiger partial charge in [-0.1, -0.05) is 44.7 Å². The fourth-order valence-electron chi connectivity index (χ4n) is 2.10. The molecule has 128 valence electrons. The SMILES string of the molecule is Cc1cccc(NC(=O)CN2C(=O)CS/C2=C\C(=O)C(C)(C)C)c1. The molecule has 1 heterocycles. The lowest BCUT2D eigenvalue weighted by Crippen LogP contribution is -2.34. The molecule has 0 atom stereocenters. The third-order valence-corrected chi connectivity index (χ3v) is 4.53. The molecule has 6 heteroatoms. The lowest BCUT2D eigenvalue weighted by Gasteiger charge is -2.19. The van der Waals surface area contributed by atoms with E-state index in [1.165, 1.54) is 22.7 Å². The number of anilines is 1. The van der Waals surface area contributed by atoms with Crippen LogP contribution in [0.3, 0.4) is 0 Å². The van der Waals surface area contributed by atoms with E-state index in [4.69, 9.17) is 0 Å². The van der Waals surface area contributed by atoms with Crippen molar-refractivity contribution >= 4 is 35.0 Å². The number of amides is 2. The van der Waals surface area contributed by atoms with Crippen molar-refractivity contribution in [2.24, 2.45) is 5.41 Å². The standard InChI is InChI=1S/C18H22N2O3S/c1-12-6-5-7-13(8-12)19-15(22)10-20-16(23)11-24-17(20)9-14(21)18(2,3)4/h5-9H,10-11H2,1-4H3,(H,19,22)/b17-9-. The molecule has 0 radical (unpaired) electrons. The molecule has 1 N–H and O–H groups in total. The Morgan fingerprint density at radius 3 is 2.67 bits per heavy atom. The van der Waals surface area contributed by atoms with E-state index in [2.05, 4.69) is 5.32 Å². The van der Waals surface area contributed by atoms with Crippen LogP contribution >= 0.6 is 11.8 Å². The van der Waals surface area contributed by atoms with Gasteiger partial charge in [0.2, 0.25) is 11.8 Å². The molecule has 1 aliphatic rings. The number of hydrogen-bond donors (Lipinski definition) is 1.